The number of carbonyl (C=O) groups is 1. The van der Waals surface area contributed by atoms with E-state index in [1.54, 1.807) is 13.0 Å². The van der Waals surface area contributed by atoms with E-state index in [1.807, 2.05) is 25.2 Å². The van der Waals surface area contributed by atoms with Gasteiger partial charge in [-0.2, -0.15) is 0 Å². The number of allylic oxidation sites excluding steroid dienone is 2. The average molecular weight is 383 g/mol. The average Bonchev–Trinajstić information content (AvgIpc) is 2.89. The van der Waals surface area contributed by atoms with Crippen LogP contribution in [-0.2, 0) is 4.79 Å². The molecule has 0 aliphatic heterocycles. The van der Waals surface area contributed by atoms with E-state index < -0.39 is 24.3 Å². The lowest BCUT2D eigenvalue weighted by atomic mass is 9.88. The maximum atomic E-state index is 10.8. The van der Waals surface area contributed by atoms with Crippen molar-refractivity contribution in [3.63, 3.8) is 0 Å². The summed E-state index contributed by atoms with van der Waals surface area (Å²) in [5.74, 6) is -1.22. The monoisotopic (exact) mass is 382 g/mol. The summed E-state index contributed by atoms with van der Waals surface area (Å²) < 4.78 is 0. The van der Waals surface area contributed by atoms with Gasteiger partial charge in [0, 0.05) is 12.3 Å². The Labute approximate surface area is 163 Å². The summed E-state index contributed by atoms with van der Waals surface area (Å²) in [6.45, 7) is 5.86. The Kier molecular flexibility index (Phi) is 10.9. The second-order valence-corrected chi connectivity index (χ2v) is 8.13. The highest BCUT2D eigenvalue weighted by Crippen LogP contribution is 2.36. The largest absolute Gasteiger partial charge is 0.481 e. The van der Waals surface area contributed by atoms with Crippen LogP contribution in [0.15, 0.2) is 24.3 Å². The van der Waals surface area contributed by atoms with Crippen molar-refractivity contribution in [1.29, 1.82) is 0 Å². The molecule has 156 valence electrons. The van der Waals surface area contributed by atoms with Crippen LogP contribution in [0.1, 0.15) is 65.7 Å². The van der Waals surface area contributed by atoms with Gasteiger partial charge in [-0.25, -0.2) is 0 Å². The lowest BCUT2D eigenvalue weighted by molar-refractivity contribution is -0.141. The molecule has 0 heterocycles. The summed E-state index contributed by atoms with van der Waals surface area (Å²) in [5, 5.41) is 39.7. The van der Waals surface area contributed by atoms with E-state index in [1.165, 1.54) is 0 Å². The number of carboxylic acids is 1. The molecule has 5 heteroatoms. The Balaban J connectivity index is 2.56. The molecule has 0 aromatic carbocycles. The minimum Gasteiger partial charge on any atom is -0.481 e. The number of rotatable bonds is 12. The predicted molar refractivity (Wildman–Crippen MR) is 107 cm³/mol. The second-order valence-electron chi connectivity index (χ2n) is 8.13. The summed E-state index contributed by atoms with van der Waals surface area (Å²) >= 11 is 0. The molecule has 1 rings (SSSR count). The zero-order chi connectivity index (χ0) is 20.4. The summed E-state index contributed by atoms with van der Waals surface area (Å²) in [4.78, 5) is 10.8. The van der Waals surface area contributed by atoms with Gasteiger partial charge >= 0.3 is 5.97 Å². The van der Waals surface area contributed by atoms with Crippen LogP contribution in [0.4, 0.5) is 0 Å². The summed E-state index contributed by atoms with van der Waals surface area (Å²) in [6.07, 6.45) is 11.3. The second kappa shape index (κ2) is 12.3. The number of unbranched alkanes of at least 4 members (excludes halogenated alkanes) is 1. The number of hydrogen-bond acceptors (Lipinski definition) is 4. The maximum Gasteiger partial charge on any atom is 0.306 e. The molecule has 27 heavy (non-hydrogen) atoms. The lowest BCUT2D eigenvalue weighted by Crippen LogP contribution is -2.21. The fourth-order valence-corrected chi connectivity index (χ4v) is 3.68. The summed E-state index contributed by atoms with van der Waals surface area (Å²) in [5.41, 5.74) is 0. The van der Waals surface area contributed by atoms with Crippen molar-refractivity contribution < 1.29 is 25.2 Å². The van der Waals surface area contributed by atoms with Gasteiger partial charge in [-0.1, -0.05) is 57.9 Å². The van der Waals surface area contributed by atoms with Crippen LogP contribution < -0.4 is 0 Å². The topological polar surface area (TPSA) is 98.0 Å². The quantitative estimate of drug-likeness (QED) is 0.387. The molecule has 1 fully saturated rings. The summed E-state index contributed by atoms with van der Waals surface area (Å²) in [6, 6.07) is 0. The first kappa shape index (κ1) is 23.9. The van der Waals surface area contributed by atoms with Crippen molar-refractivity contribution in [3.8, 4) is 0 Å². The number of aliphatic carboxylic acids is 1. The molecule has 1 aliphatic rings. The lowest BCUT2D eigenvalue weighted by Gasteiger charge is -2.21. The minimum absolute atomic E-state index is 0.0810. The molecule has 1 aliphatic carbocycles. The molecule has 4 N–H and O–H groups in total. The zero-order valence-corrected chi connectivity index (χ0v) is 17.0. The van der Waals surface area contributed by atoms with Gasteiger partial charge in [-0.3, -0.25) is 4.79 Å². The predicted octanol–water partition coefficient (Wildman–Crippen LogP) is 3.53. The van der Waals surface area contributed by atoms with Crippen LogP contribution in [-0.4, -0.2) is 44.7 Å². The van der Waals surface area contributed by atoms with Gasteiger partial charge in [-0.15, -0.1) is 0 Å². The fraction of sp³-hybridized carbons (Fsp3) is 0.773. The van der Waals surface area contributed by atoms with Crippen molar-refractivity contribution >= 4 is 5.97 Å². The molecule has 5 nitrogen and oxygen atoms in total. The first-order valence-corrected chi connectivity index (χ1v) is 10.4. The third-order valence-electron chi connectivity index (χ3n) is 5.81. The van der Waals surface area contributed by atoms with Gasteiger partial charge in [0.1, 0.15) is 0 Å². The molecular formula is C22H38O5. The van der Waals surface area contributed by atoms with Gasteiger partial charge in [-0.05, 0) is 37.5 Å². The number of aliphatic hydroxyl groups is 3. The SMILES string of the molecule is CCCC[C@@H](C)[C@H](O)/C=C/[C@@H]1[C@@H](C/C=C\CCC(C)C(=O)O)[C@@H](O)C[C@H]1O. The Morgan fingerprint density at radius 3 is 2.48 bits per heavy atom. The Morgan fingerprint density at radius 2 is 1.85 bits per heavy atom. The molecule has 0 aromatic rings. The van der Waals surface area contributed by atoms with Crippen LogP contribution in [0.2, 0.25) is 0 Å². The number of hydrogen-bond donors (Lipinski definition) is 4. The Morgan fingerprint density at radius 1 is 1.15 bits per heavy atom. The van der Waals surface area contributed by atoms with Crippen LogP contribution in [0, 0.1) is 23.7 Å². The standard InChI is InChI=1S/C22H38O5/c1-4-5-9-15(2)19(23)13-12-18-17(20(24)14-21(18)25)11-8-6-7-10-16(3)22(26)27/h6,8,12-13,15-21,23-25H,4-5,7,9-11,14H2,1-3H3,(H,26,27)/b8-6-,13-12+/t15-,16?,17-,18-,19-,20+,21-/m1/s1. The van der Waals surface area contributed by atoms with Crippen molar-refractivity contribution in [2.24, 2.45) is 23.7 Å². The van der Waals surface area contributed by atoms with E-state index in [0.717, 1.165) is 19.3 Å². The van der Waals surface area contributed by atoms with Crippen molar-refractivity contribution in [2.75, 3.05) is 0 Å². The number of carboxylic acid groups (broad SMARTS) is 1. The minimum atomic E-state index is -0.783. The van der Waals surface area contributed by atoms with E-state index in [9.17, 15) is 20.1 Å². The van der Waals surface area contributed by atoms with Gasteiger partial charge in [0.15, 0.2) is 0 Å². The van der Waals surface area contributed by atoms with E-state index in [2.05, 4.69) is 6.92 Å². The van der Waals surface area contributed by atoms with Crippen molar-refractivity contribution in [1.82, 2.24) is 0 Å². The van der Waals surface area contributed by atoms with E-state index >= 15 is 0 Å². The maximum absolute atomic E-state index is 10.8. The molecule has 0 spiro atoms. The molecule has 1 saturated carbocycles. The third-order valence-corrected chi connectivity index (χ3v) is 5.81. The zero-order valence-electron chi connectivity index (χ0n) is 17.0. The molecule has 0 amide bonds. The van der Waals surface area contributed by atoms with Gasteiger partial charge in [0.05, 0.1) is 24.2 Å². The highest BCUT2D eigenvalue weighted by Gasteiger charge is 2.39. The van der Waals surface area contributed by atoms with E-state index in [0.29, 0.717) is 25.7 Å². The van der Waals surface area contributed by atoms with Crippen LogP contribution in [0.3, 0.4) is 0 Å². The van der Waals surface area contributed by atoms with Gasteiger partial charge < -0.3 is 20.4 Å². The van der Waals surface area contributed by atoms with Crippen molar-refractivity contribution in [3.05, 3.63) is 24.3 Å². The Bertz CT molecular complexity index is 487. The van der Waals surface area contributed by atoms with Gasteiger partial charge in [0.2, 0.25) is 0 Å². The highest BCUT2D eigenvalue weighted by atomic mass is 16.4. The normalized spacial score (nSPS) is 29.4. The van der Waals surface area contributed by atoms with Gasteiger partial charge in [0.25, 0.3) is 0 Å². The fourth-order valence-electron chi connectivity index (χ4n) is 3.68. The molecule has 0 radical (unpaired) electrons. The van der Waals surface area contributed by atoms with E-state index in [4.69, 9.17) is 5.11 Å². The van der Waals surface area contributed by atoms with Crippen LogP contribution >= 0.6 is 0 Å². The van der Waals surface area contributed by atoms with Crippen LogP contribution in [0.5, 0.6) is 0 Å². The molecule has 1 unspecified atom stereocenters. The highest BCUT2D eigenvalue weighted by molar-refractivity contribution is 5.69. The third kappa shape index (κ3) is 8.16. The number of aliphatic hydroxyl groups excluding tert-OH is 3. The van der Waals surface area contributed by atoms with Crippen LogP contribution in [0.25, 0.3) is 0 Å². The molecule has 0 aromatic heterocycles. The molecule has 0 saturated heterocycles. The smallest absolute Gasteiger partial charge is 0.306 e. The molecular weight excluding hydrogens is 344 g/mol. The Hall–Kier alpha value is -1.17. The van der Waals surface area contributed by atoms with E-state index in [-0.39, 0.29) is 23.7 Å². The first-order chi connectivity index (χ1) is 12.8. The summed E-state index contributed by atoms with van der Waals surface area (Å²) in [7, 11) is 0. The first-order valence-electron chi connectivity index (χ1n) is 10.4. The van der Waals surface area contributed by atoms with Crippen molar-refractivity contribution in [2.45, 2.75) is 84.0 Å². The molecule has 0 bridgehead atoms. The molecule has 7 atom stereocenters.